The Balaban J connectivity index is 0.000000289. The number of nitrogens with zero attached hydrogens (tertiary/aromatic N) is 1. The van der Waals surface area contributed by atoms with E-state index in [9.17, 15) is 9.90 Å². The van der Waals surface area contributed by atoms with Gasteiger partial charge in [0.25, 0.3) is 0 Å². The smallest absolute Gasteiger partial charge is 0.164 e. The van der Waals surface area contributed by atoms with E-state index < -0.39 is 0 Å². The number of hydrogen-bond acceptors (Lipinski definition) is 5. The summed E-state index contributed by atoms with van der Waals surface area (Å²) in [5.41, 5.74) is 6.89. The molecule has 52 heavy (non-hydrogen) atoms. The van der Waals surface area contributed by atoms with Gasteiger partial charge in [0.1, 0.15) is 17.1 Å². The summed E-state index contributed by atoms with van der Waals surface area (Å²) in [5, 5.41) is 17.1. The van der Waals surface area contributed by atoms with E-state index >= 15 is 0 Å². The predicted octanol–water partition coefficient (Wildman–Crippen LogP) is 13.9. The number of hydrogen-bond donors (Lipinski definition) is 1. The number of rotatable bonds is 9. The molecule has 6 heteroatoms. The fourth-order valence-corrected chi connectivity index (χ4v) is 7.56. The van der Waals surface area contributed by atoms with Crippen LogP contribution in [0.2, 0.25) is 0 Å². The number of fused-ring (bicyclic) bond motifs is 3. The number of thiophene rings is 1. The van der Waals surface area contributed by atoms with Crippen molar-refractivity contribution in [1.29, 1.82) is 0 Å². The zero-order valence-corrected chi connectivity index (χ0v) is 35.9. The maximum atomic E-state index is 12.2. The van der Waals surface area contributed by atoms with Gasteiger partial charge in [0.15, 0.2) is 5.78 Å². The van der Waals surface area contributed by atoms with Crippen LogP contribution >= 0.6 is 11.3 Å². The van der Waals surface area contributed by atoms with E-state index in [-0.39, 0.29) is 47.9 Å². The summed E-state index contributed by atoms with van der Waals surface area (Å²) < 4.78 is 7.87. The van der Waals surface area contributed by atoms with Crippen LogP contribution in [0.4, 0.5) is 0 Å². The third kappa shape index (κ3) is 8.00. The molecule has 3 aromatic heterocycles. The Morgan fingerprint density at radius 3 is 2.15 bits per heavy atom. The second-order valence-electron chi connectivity index (χ2n) is 15.5. The third-order valence-electron chi connectivity index (χ3n) is 11.3. The number of allylic oxidation sites excluding steroid dienone is 2. The minimum atomic E-state index is -0.337. The zero-order chi connectivity index (χ0) is 37.3. The van der Waals surface area contributed by atoms with E-state index in [1.807, 2.05) is 47.7 Å². The fraction of sp³-hybridized carbons (Fsp3) is 0.391. The van der Waals surface area contributed by atoms with E-state index in [1.54, 1.807) is 11.3 Å². The first-order chi connectivity index (χ1) is 24.1. The van der Waals surface area contributed by atoms with Gasteiger partial charge in [-0.25, -0.2) is 0 Å². The quantitative estimate of drug-likeness (QED) is 0.0892. The molecule has 277 valence electrons. The van der Waals surface area contributed by atoms with E-state index in [4.69, 9.17) is 9.40 Å². The number of carbonyl (C=O) groups excluding carboxylic acids is 1. The molecule has 3 aromatic carbocycles. The molecule has 1 radical (unpaired) electrons. The van der Waals surface area contributed by atoms with Crippen LogP contribution in [0, 0.1) is 30.7 Å². The summed E-state index contributed by atoms with van der Waals surface area (Å²) in [6, 6.07) is 23.0. The van der Waals surface area contributed by atoms with Crippen LogP contribution in [0.15, 0.2) is 82.4 Å². The minimum absolute atomic E-state index is 0. The SMILES string of the molecule is CCC(C)(CC)C(=O)/C=C(\O)C(C)(CC)CC.Cc1csc2cc(-c3oc4c(-c5[c-]c6ccccc6c(C(C)(C)C)c5)nccc4c3C)ccc12.[Ir]. The van der Waals surface area contributed by atoms with Gasteiger partial charge in [-0.05, 0) is 73.4 Å². The summed E-state index contributed by atoms with van der Waals surface area (Å²) >= 11 is 1.78. The van der Waals surface area contributed by atoms with Crippen molar-refractivity contribution in [3.05, 3.63) is 101 Å². The predicted molar refractivity (Wildman–Crippen MR) is 218 cm³/mol. The molecule has 0 fully saturated rings. The molecule has 0 atom stereocenters. The molecule has 0 bridgehead atoms. The number of pyridine rings is 1. The molecular weight excluding hydrogens is 839 g/mol. The normalized spacial score (nSPS) is 12.6. The molecule has 3 heterocycles. The Morgan fingerprint density at radius 1 is 0.865 bits per heavy atom. The molecule has 0 saturated carbocycles. The van der Waals surface area contributed by atoms with Gasteiger partial charge in [0, 0.05) is 70.1 Å². The molecular formula is C46H54IrNO3S-. The standard InChI is InChI=1S/C31H26NOS.C15H28O2.Ir/c1-18-17-34-27-16-21(10-11-23(18)27)29-19(2)24-12-13-32-28(30(24)33-29)22-14-20-8-6-7-9-25(20)26(15-22)31(3,4)5;1-7-14(5,8-2)12(16)11-13(17)15(6,9-3)10-4;/h6-13,15-17H,1-5H3;11,16H,7-10H2,1-6H3;/q-1;;/b;12-11-;. The van der Waals surface area contributed by atoms with Gasteiger partial charge in [-0.2, -0.15) is 0 Å². The average Bonchev–Trinajstić information content (AvgIpc) is 3.68. The van der Waals surface area contributed by atoms with Crippen molar-refractivity contribution < 1.29 is 34.4 Å². The van der Waals surface area contributed by atoms with Crippen LogP contribution in [0.25, 0.3) is 54.4 Å². The summed E-state index contributed by atoms with van der Waals surface area (Å²) in [6.45, 7) is 23.1. The Hall–Kier alpha value is -3.57. The van der Waals surface area contributed by atoms with Crippen LogP contribution < -0.4 is 0 Å². The van der Waals surface area contributed by atoms with Gasteiger partial charge >= 0.3 is 0 Å². The van der Waals surface area contributed by atoms with Gasteiger partial charge in [-0.1, -0.05) is 104 Å². The molecule has 0 aliphatic rings. The maximum Gasteiger partial charge on any atom is 0.164 e. The van der Waals surface area contributed by atoms with Crippen molar-refractivity contribution >= 4 is 48.9 Å². The minimum Gasteiger partial charge on any atom is -0.512 e. The molecule has 0 aliphatic heterocycles. The molecule has 0 unspecified atom stereocenters. The number of ketones is 1. The second kappa shape index (κ2) is 16.2. The number of aliphatic hydroxyl groups excluding tert-OH is 1. The Kier molecular flexibility index (Phi) is 12.8. The second-order valence-corrected chi connectivity index (χ2v) is 16.5. The molecule has 1 N–H and O–H groups in total. The number of benzene rings is 3. The van der Waals surface area contributed by atoms with Crippen molar-refractivity contribution in [2.24, 2.45) is 10.8 Å². The monoisotopic (exact) mass is 893 g/mol. The van der Waals surface area contributed by atoms with Crippen LogP contribution in [0.5, 0.6) is 0 Å². The average molecular weight is 893 g/mol. The van der Waals surface area contributed by atoms with Crippen molar-refractivity contribution in [2.75, 3.05) is 0 Å². The van der Waals surface area contributed by atoms with Crippen LogP contribution in [-0.2, 0) is 30.3 Å². The Morgan fingerprint density at radius 2 is 1.52 bits per heavy atom. The number of furan rings is 1. The number of aliphatic hydroxyl groups is 1. The Bertz CT molecular complexity index is 2220. The van der Waals surface area contributed by atoms with E-state index in [2.05, 4.69) is 101 Å². The first-order valence-corrected chi connectivity index (χ1v) is 19.3. The fourth-order valence-electron chi connectivity index (χ4n) is 6.58. The molecule has 4 nitrogen and oxygen atoms in total. The van der Waals surface area contributed by atoms with Gasteiger partial charge in [-0.15, -0.1) is 40.5 Å². The van der Waals surface area contributed by atoms with Gasteiger partial charge in [0.05, 0.1) is 0 Å². The first kappa shape index (κ1) is 41.2. The van der Waals surface area contributed by atoms with E-state index in [0.29, 0.717) is 0 Å². The van der Waals surface area contributed by atoms with E-state index in [0.717, 1.165) is 70.2 Å². The van der Waals surface area contributed by atoms with Crippen LogP contribution in [0.3, 0.4) is 0 Å². The van der Waals surface area contributed by atoms with Crippen LogP contribution in [-0.4, -0.2) is 15.9 Å². The van der Waals surface area contributed by atoms with E-state index in [1.165, 1.54) is 32.7 Å². The topological polar surface area (TPSA) is 63.3 Å². The Labute approximate surface area is 328 Å². The van der Waals surface area contributed by atoms with Crippen molar-refractivity contribution in [3.63, 3.8) is 0 Å². The molecule has 0 spiro atoms. The molecule has 0 aliphatic carbocycles. The zero-order valence-electron chi connectivity index (χ0n) is 32.7. The summed E-state index contributed by atoms with van der Waals surface area (Å²) in [5.74, 6) is 1.20. The van der Waals surface area contributed by atoms with Gasteiger partial charge in [0.2, 0.25) is 0 Å². The number of carbonyl (C=O) groups is 1. The maximum absolute atomic E-state index is 12.2. The van der Waals surface area contributed by atoms with Crippen molar-refractivity contribution in [2.45, 2.75) is 107 Å². The molecule has 0 amide bonds. The molecule has 6 rings (SSSR count). The van der Waals surface area contributed by atoms with Gasteiger partial charge < -0.3 is 9.52 Å². The summed E-state index contributed by atoms with van der Waals surface area (Å²) in [6.07, 6.45) is 6.64. The van der Waals surface area contributed by atoms with Crippen molar-refractivity contribution in [1.82, 2.24) is 4.98 Å². The van der Waals surface area contributed by atoms with Crippen LogP contribution in [0.1, 0.15) is 105 Å². The van der Waals surface area contributed by atoms with Crippen molar-refractivity contribution in [3.8, 4) is 22.6 Å². The largest absolute Gasteiger partial charge is 0.512 e. The number of aromatic nitrogens is 1. The molecule has 6 aromatic rings. The number of aryl methyl sites for hydroxylation is 2. The first-order valence-electron chi connectivity index (χ1n) is 18.4. The summed E-state index contributed by atoms with van der Waals surface area (Å²) in [7, 11) is 0. The molecule has 0 saturated heterocycles. The summed E-state index contributed by atoms with van der Waals surface area (Å²) in [4.78, 5) is 17.0. The third-order valence-corrected chi connectivity index (χ3v) is 12.4. The van der Waals surface area contributed by atoms with Gasteiger partial charge in [-0.3, -0.25) is 9.78 Å².